The van der Waals surface area contributed by atoms with E-state index in [-0.39, 0.29) is 10.2 Å². The van der Waals surface area contributed by atoms with Crippen LogP contribution in [0.3, 0.4) is 0 Å². The summed E-state index contributed by atoms with van der Waals surface area (Å²) in [4.78, 5) is 0. The molecule has 0 radical (unpaired) electrons. The molecule has 0 saturated carbocycles. The molecule has 0 aliphatic carbocycles. The van der Waals surface area contributed by atoms with Gasteiger partial charge >= 0.3 is 0 Å². The van der Waals surface area contributed by atoms with Crippen molar-refractivity contribution < 1.29 is 8.22 Å². The summed E-state index contributed by atoms with van der Waals surface area (Å²) in [5.41, 5.74) is -0.308. The molecule has 1 heterocycles. The number of nitrogens with zero attached hydrogens (tertiary/aromatic N) is 2. The zero-order chi connectivity index (χ0) is 11.1. The molecule has 0 fully saturated rings. The highest BCUT2D eigenvalue weighted by molar-refractivity contribution is 9.10. The largest absolute Gasteiger partial charge is 0.272 e. The number of aromatic nitrogens is 2. The minimum absolute atomic E-state index is 0.175. The Labute approximate surface area is 65.1 Å². The van der Waals surface area contributed by atoms with E-state index in [4.69, 9.17) is 8.22 Å². The normalized spacial score (nSPS) is 24.1. The lowest BCUT2D eigenvalue weighted by molar-refractivity contribution is 0.739. The average molecular weight is 181 g/mol. The van der Waals surface area contributed by atoms with E-state index in [1.54, 1.807) is 0 Å². The first kappa shape index (κ1) is 1.84. The lowest BCUT2D eigenvalue weighted by Gasteiger charge is -1.89. The van der Waals surface area contributed by atoms with Gasteiger partial charge in [-0.15, -0.1) is 0 Å². The highest BCUT2D eigenvalue weighted by atomic mass is 79.9. The van der Waals surface area contributed by atoms with Crippen molar-refractivity contribution in [2.24, 2.45) is 6.98 Å². The third-order valence-electron chi connectivity index (χ3n) is 0.725. The van der Waals surface area contributed by atoms with Gasteiger partial charge in [-0.05, 0) is 22.8 Å². The standard InChI is InChI=1S/C5H7BrN2/c1-4-5(6)3-7-8(4)2/h3H,1-2H3/i1D3,2D3. The van der Waals surface area contributed by atoms with Crippen LogP contribution in [0, 0.1) is 6.85 Å². The van der Waals surface area contributed by atoms with Crippen molar-refractivity contribution in [1.29, 1.82) is 0 Å². The van der Waals surface area contributed by atoms with Gasteiger partial charge in [0.25, 0.3) is 0 Å². The Morgan fingerprint density at radius 3 is 3.38 bits per heavy atom. The molecule has 0 unspecified atom stereocenters. The van der Waals surface area contributed by atoms with Crippen LogP contribution in [0.4, 0.5) is 0 Å². The van der Waals surface area contributed by atoms with E-state index in [1.165, 1.54) is 0 Å². The second-order valence-corrected chi connectivity index (χ2v) is 2.11. The molecule has 3 heteroatoms. The Kier molecular flexibility index (Phi) is 0.435. The Bertz CT molecular complexity index is 337. The van der Waals surface area contributed by atoms with Crippen molar-refractivity contribution in [2.45, 2.75) is 6.85 Å². The van der Waals surface area contributed by atoms with Gasteiger partial charge in [0, 0.05) is 20.9 Å². The number of hydrogen-bond donors (Lipinski definition) is 0. The zero-order valence-electron chi connectivity index (χ0n) is 9.85. The molecular formula is C5H7BrN2. The molecule has 1 rings (SSSR count). The molecule has 0 atom stereocenters. The number of halogens is 1. The van der Waals surface area contributed by atoms with Crippen LogP contribution in [0.1, 0.15) is 13.9 Å². The fourth-order valence-electron chi connectivity index (χ4n) is 0.328. The summed E-state index contributed by atoms with van der Waals surface area (Å²) < 4.78 is 43.3. The highest BCUT2D eigenvalue weighted by Gasteiger charge is 1.95. The van der Waals surface area contributed by atoms with Crippen LogP contribution in [-0.2, 0) is 6.98 Å². The van der Waals surface area contributed by atoms with Crippen LogP contribution >= 0.6 is 15.9 Å². The Morgan fingerprint density at radius 1 is 2.00 bits per heavy atom. The van der Waals surface area contributed by atoms with Gasteiger partial charge in [0.15, 0.2) is 0 Å². The van der Waals surface area contributed by atoms with Crippen LogP contribution in [0.15, 0.2) is 10.7 Å². The van der Waals surface area contributed by atoms with Crippen molar-refractivity contribution in [3.8, 4) is 0 Å². The van der Waals surface area contributed by atoms with E-state index in [2.05, 4.69) is 21.0 Å². The van der Waals surface area contributed by atoms with Gasteiger partial charge in [-0.25, -0.2) is 0 Å². The molecule has 2 nitrogen and oxygen atoms in total. The van der Waals surface area contributed by atoms with Crippen molar-refractivity contribution >= 4 is 15.9 Å². The van der Waals surface area contributed by atoms with Crippen LogP contribution in [0.2, 0.25) is 0 Å². The highest BCUT2D eigenvalue weighted by Crippen LogP contribution is 2.12. The van der Waals surface area contributed by atoms with Gasteiger partial charge in [-0.3, -0.25) is 4.68 Å². The molecule has 1 aromatic rings. The van der Waals surface area contributed by atoms with Crippen LogP contribution in [0.25, 0.3) is 0 Å². The molecule has 0 aliphatic rings. The van der Waals surface area contributed by atoms with E-state index >= 15 is 0 Å². The second kappa shape index (κ2) is 1.90. The molecule has 0 aliphatic heterocycles. The van der Waals surface area contributed by atoms with Crippen molar-refractivity contribution in [2.75, 3.05) is 0 Å². The summed E-state index contributed by atoms with van der Waals surface area (Å²) >= 11 is 2.95. The lowest BCUT2D eigenvalue weighted by atomic mass is 10.5. The molecule has 0 N–H and O–H groups in total. The monoisotopic (exact) mass is 180 g/mol. The van der Waals surface area contributed by atoms with Crippen LogP contribution in [0.5, 0.6) is 0 Å². The number of aryl methyl sites for hydroxylation is 1. The fourth-order valence-corrected chi connectivity index (χ4v) is 0.588. The summed E-state index contributed by atoms with van der Waals surface area (Å²) in [5, 5.41) is 3.50. The maximum atomic E-state index is 7.14. The smallest absolute Gasteiger partial charge is 0.0634 e. The predicted molar refractivity (Wildman–Crippen MR) is 35.6 cm³/mol. The summed E-state index contributed by atoms with van der Waals surface area (Å²) in [7, 11) is 0. The Morgan fingerprint density at radius 2 is 2.88 bits per heavy atom. The van der Waals surface area contributed by atoms with Crippen LogP contribution in [-0.4, -0.2) is 9.78 Å². The van der Waals surface area contributed by atoms with E-state index in [1.807, 2.05) is 0 Å². The van der Waals surface area contributed by atoms with Crippen molar-refractivity contribution in [1.82, 2.24) is 9.78 Å². The van der Waals surface area contributed by atoms with E-state index < -0.39 is 13.8 Å². The molecule has 0 saturated heterocycles. The SMILES string of the molecule is [2H]C([2H])([2H])c1c(Br)cnn1C([2H])([2H])[2H]. The third kappa shape index (κ3) is 0.777. The summed E-state index contributed by atoms with van der Waals surface area (Å²) in [5.74, 6) is 0. The van der Waals surface area contributed by atoms with Crippen molar-refractivity contribution in [3.05, 3.63) is 16.4 Å². The molecular weight excluding hydrogens is 168 g/mol. The van der Waals surface area contributed by atoms with E-state index in [0.29, 0.717) is 4.68 Å². The fraction of sp³-hybridized carbons (Fsp3) is 0.400. The summed E-state index contributed by atoms with van der Waals surface area (Å²) in [6.07, 6.45) is 1.16. The molecule has 1 aromatic heterocycles. The maximum Gasteiger partial charge on any atom is 0.0634 e. The zero-order valence-corrected chi connectivity index (χ0v) is 5.44. The molecule has 0 amide bonds. The summed E-state index contributed by atoms with van der Waals surface area (Å²) in [6.45, 7) is -5.07. The lowest BCUT2D eigenvalue weighted by Crippen LogP contribution is -1.91. The molecule has 0 bridgehead atoms. The number of hydrogen-bond acceptors (Lipinski definition) is 1. The van der Waals surface area contributed by atoms with Gasteiger partial charge in [-0.2, -0.15) is 5.10 Å². The Balaban J connectivity index is 3.35. The van der Waals surface area contributed by atoms with Gasteiger partial charge in [-0.1, -0.05) is 0 Å². The van der Waals surface area contributed by atoms with Crippen molar-refractivity contribution in [3.63, 3.8) is 0 Å². The van der Waals surface area contributed by atoms with Crippen LogP contribution < -0.4 is 0 Å². The minimum Gasteiger partial charge on any atom is -0.272 e. The molecule has 0 spiro atoms. The van der Waals surface area contributed by atoms with E-state index in [9.17, 15) is 0 Å². The topological polar surface area (TPSA) is 17.8 Å². The van der Waals surface area contributed by atoms with Gasteiger partial charge in [0.05, 0.1) is 10.7 Å². The maximum absolute atomic E-state index is 7.14. The second-order valence-electron chi connectivity index (χ2n) is 1.25. The van der Waals surface area contributed by atoms with Gasteiger partial charge in [0.1, 0.15) is 0 Å². The first-order valence-electron chi connectivity index (χ1n) is 4.88. The minimum atomic E-state index is -2.57. The predicted octanol–water partition coefficient (Wildman–Crippen LogP) is 1.49. The molecule has 0 aromatic carbocycles. The molecule has 8 heavy (non-hydrogen) atoms. The van der Waals surface area contributed by atoms with E-state index in [0.717, 1.165) is 6.20 Å². The Hall–Kier alpha value is -0.310. The van der Waals surface area contributed by atoms with Gasteiger partial charge < -0.3 is 0 Å². The summed E-state index contributed by atoms with van der Waals surface area (Å²) in [6, 6.07) is 0. The number of rotatable bonds is 0. The molecule has 44 valence electrons. The first-order valence-corrected chi connectivity index (χ1v) is 2.68. The third-order valence-corrected chi connectivity index (χ3v) is 1.30. The first-order chi connectivity index (χ1) is 6.14. The quantitative estimate of drug-likeness (QED) is 0.592. The van der Waals surface area contributed by atoms with Gasteiger partial charge in [0.2, 0.25) is 0 Å². The average Bonchev–Trinajstić information content (AvgIpc) is 2.27.